The number of likely N-dealkylation sites (tertiary alicyclic amines) is 2. The number of rotatable bonds is 3. The molecule has 3 aliphatic rings. The van der Waals surface area contributed by atoms with Crippen molar-refractivity contribution in [1.82, 2.24) is 15.1 Å². The van der Waals surface area contributed by atoms with E-state index in [1.807, 2.05) is 35.2 Å². The summed E-state index contributed by atoms with van der Waals surface area (Å²) < 4.78 is 0. The molecule has 3 aliphatic heterocycles. The molecule has 4 rings (SSSR count). The molecule has 1 aromatic rings. The topological polar surface area (TPSA) is 69.7 Å². The van der Waals surface area contributed by atoms with E-state index in [-0.39, 0.29) is 23.1 Å². The summed E-state index contributed by atoms with van der Waals surface area (Å²) in [6.07, 6.45) is 4.90. The number of hydrogen-bond acceptors (Lipinski definition) is 3. The van der Waals surface area contributed by atoms with E-state index in [0.717, 1.165) is 31.4 Å². The van der Waals surface area contributed by atoms with Crippen LogP contribution >= 0.6 is 0 Å². The fraction of sp³-hybridized carbons (Fsp3) is 0.522. The summed E-state index contributed by atoms with van der Waals surface area (Å²) in [5, 5.41) is 2.95. The van der Waals surface area contributed by atoms with Gasteiger partial charge < -0.3 is 15.1 Å². The van der Waals surface area contributed by atoms with Crippen molar-refractivity contribution < 1.29 is 14.4 Å². The van der Waals surface area contributed by atoms with Crippen LogP contribution in [0.15, 0.2) is 43.0 Å². The van der Waals surface area contributed by atoms with Gasteiger partial charge >= 0.3 is 0 Å². The number of carbonyl (C=O) groups excluding carboxylic acids is 3. The van der Waals surface area contributed by atoms with Gasteiger partial charge in [-0.25, -0.2) is 0 Å². The second-order valence-corrected chi connectivity index (χ2v) is 8.56. The van der Waals surface area contributed by atoms with E-state index in [1.54, 1.807) is 4.90 Å². The monoisotopic (exact) mass is 395 g/mol. The third-order valence-electron chi connectivity index (χ3n) is 7.22. The lowest BCUT2D eigenvalue weighted by Crippen LogP contribution is -2.56. The lowest BCUT2D eigenvalue weighted by atomic mass is 9.70. The normalized spacial score (nSPS) is 23.0. The van der Waals surface area contributed by atoms with E-state index in [2.05, 4.69) is 11.9 Å². The molecule has 3 amide bonds. The van der Waals surface area contributed by atoms with Crippen molar-refractivity contribution in [2.45, 2.75) is 37.5 Å². The van der Waals surface area contributed by atoms with E-state index >= 15 is 0 Å². The molecule has 0 aliphatic carbocycles. The molecule has 3 heterocycles. The van der Waals surface area contributed by atoms with Crippen LogP contribution in [0.2, 0.25) is 0 Å². The Bertz CT molecular complexity index is 804. The summed E-state index contributed by atoms with van der Waals surface area (Å²) in [5.74, 6) is 0.215. The van der Waals surface area contributed by atoms with E-state index in [1.165, 1.54) is 6.08 Å². The lowest BCUT2D eigenvalue weighted by Gasteiger charge is -2.46. The van der Waals surface area contributed by atoms with Gasteiger partial charge in [-0.15, -0.1) is 0 Å². The number of piperidine rings is 2. The Labute approximate surface area is 171 Å². The van der Waals surface area contributed by atoms with Crippen LogP contribution in [0.1, 0.15) is 37.7 Å². The molecular formula is C23H29N3O3. The average molecular weight is 396 g/mol. The highest BCUT2D eigenvalue weighted by molar-refractivity contribution is 5.91. The molecule has 3 saturated heterocycles. The summed E-state index contributed by atoms with van der Waals surface area (Å²) in [4.78, 5) is 41.9. The average Bonchev–Trinajstić information content (AvgIpc) is 3.13. The molecule has 1 aromatic carbocycles. The quantitative estimate of drug-likeness (QED) is 0.795. The van der Waals surface area contributed by atoms with E-state index in [9.17, 15) is 14.4 Å². The first-order valence-corrected chi connectivity index (χ1v) is 10.6. The molecule has 3 fully saturated rings. The zero-order valence-electron chi connectivity index (χ0n) is 16.9. The molecule has 0 bridgehead atoms. The van der Waals surface area contributed by atoms with Gasteiger partial charge in [0, 0.05) is 32.7 Å². The van der Waals surface area contributed by atoms with Gasteiger partial charge in [0.15, 0.2) is 0 Å². The zero-order chi connectivity index (χ0) is 20.5. The van der Waals surface area contributed by atoms with Gasteiger partial charge in [-0.1, -0.05) is 36.9 Å². The summed E-state index contributed by atoms with van der Waals surface area (Å²) in [6.45, 7) is 6.66. The minimum Gasteiger partial charge on any atom is -0.356 e. The Hall–Kier alpha value is -2.63. The molecule has 1 N–H and O–H groups in total. The minimum absolute atomic E-state index is 0.0775. The van der Waals surface area contributed by atoms with Gasteiger partial charge in [0.1, 0.15) is 0 Å². The fourth-order valence-corrected chi connectivity index (χ4v) is 5.26. The predicted molar refractivity (Wildman–Crippen MR) is 110 cm³/mol. The van der Waals surface area contributed by atoms with Crippen molar-refractivity contribution in [2.24, 2.45) is 5.41 Å². The SMILES string of the molecule is C=CC(=O)N1CCC(C(=O)N2CCC3(CCNC3=O)CC2)(c2ccccc2)CC1. The van der Waals surface area contributed by atoms with Crippen LogP contribution in [0, 0.1) is 5.41 Å². The molecule has 29 heavy (non-hydrogen) atoms. The van der Waals surface area contributed by atoms with E-state index < -0.39 is 5.41 Å². The predicted octanol–water partition coefficient (Wildman–Crippen LogP) is 1.86. The molecule has 1 spiro atoms. The van der Waals surface area contributed by atoms with Gasteiger partial charge in [-0.2, -0.15) is 0 Å². The molecule has 6 heteroatoms. The molecule has 0 radical (unpaired) electrons. The number of nitrogens with zero attached hydrogens (tertiary/aromatic N) is 2. The second-order valence-electron chi connectivity index (χ2n) is 8.56. The smallest absolute Gasteiger partial charge is 0.245 e. The van der Waals surface area contributed by atoms with E-state index in [0.29, 0.717) is 39.0 Å². The summed E-state index contributed by atoms with van der Waals surface area (Å²) >= 11 is 0. The van der Waals surface area contributed by atoms with Crippen LogP contribution in [0.5, 0.6) is 0 Å². The van der Waals surface area contributed by atoms with Crippen LogP contribution in [-0.4, -0.2) is 60.2 Å². The maximum atomic E-state index is 13.8. The molecule has 6 nitrogen and oxygen atoms in total. The highest BCUT2D eigenvalue weighted by atomic mass is 16.2. The molecule has 154 valence electrons. The number of benzene rings is 1. The van der Waals surface area contributed by atoms with Crippen molar-refractivity contribution in [1.29, 1.82) is 0 Å². The highest BCUT2D eigenvalue weighted by Gasteiger charge is 2.49. The Kier molecular flexibility index (Phi) is 5.19. The van der Waals surface area contributed by atoms with Gasteiger partial charge in [0.05, 0.1) is 10.8 Å². The van der Waals surface area contributed by atoms with Crippen molar-refractivity contribution in [3.05, 3.63) is 48.6 Å². The first-order chi connectivity index (χ1) is 14.0. The zero-order valence-corrected chi connectivity index (χ0v) is 16.9. The van der Waals surface area contributed by atoms with Crippen molar-refractivity contribution in [3.8, 4) is 0 Å². The fourth-order valence-electron chi connectivity index (χ4n) is 5.26. The van der Waals surface area contributed by atoms with Gasteiger partial charge in [-0.3, -0.25) is 14.4 Å². The Morgan fingerprint density at radius 1 is 0.931 bits per heavy atom. The lowest BCUT2D eigenvalue weighted by molar-refractivity contribution is -0.145. The summed E-state index contributed by atoms with van der Waals surface area (Å²) in [7, 11) is 0. The number of hydrogen-bond donors (Lipinski definition) is 1. The van der Waals surface area contributed by atoms with Gasteiger partial charge in [0.25, 0.3) is 0 Å². The van der Waals surface area contributed by atoms with Crippen molar-refractivity contribution >= 4 is 17.7 Å². The largest absolute Gasteiger partial charge is 0.356 e. The molecule has 0 saturated carbocycles. The summed E-state index contributed by atoms with van der Waals surface area (Å²) in [5.41, 5.74) is 0.132. The van der Waals surface area contributed by atoms with Crippen molar-refractivity contribution in [2.75, 3.05) is 32.7 Å². The Morgan fingerprint density at radius 2 is 1.55 bits per heavy atom. The first-order valence-electron chi connectivity index (χ1n) is 10.6. The van der Waals surface area contributed by atoms with Crippen molar-refractivity contribution in [3.63, 3.8) is 0 Å². The van der Waals surface area contributed by atoms with Crippen LogP contribution in [-0.2, 0) is 19.8 Å². The van der Waals surface area contributed by atoms with Crippen LogP contribution < -0.4 is 5.32 Å². The molecule has 0 unspecified atom stereocenters. The van der Waals surface area contributed by atoms with Crippen LogP contribution in [0.4, 0.5) is 0 Å². The Balaban J connectivity index is 1.55. The third kappa shape index (κ3) is 3.34. The number of amides is 3. The third-order valence-corrected chi connectivity index (χ3v) is 7.22. The maximum Gasteiger partial charge on any atom is 0.245 e. The molecule has 0 atom stereocenters. The number of nitrogens with one attached hydrogen (secondary N) is 1. The second kappa shape index (κ2) is 7.65. The number of carbonyl (C=O) groups is 3. The van der Waals surface area contributed by atoms with Crippen LogP contribution in [0.3, 0.4) is 0 Å². The molecule has 0 aromatic heterocycles. The van der Waals surface area contributed by atoms with Gasteiger partial charge in [0.2, 0.25) is 17.7 Å². The minimum atomic E-state index is -0.609. The standard InChI is InChI=1S/C23H29N3O3/c1-2-19(27)25-16-11-23(12-17-25,18-6-4-3-5-7-18)21(29)26-14-9-22(10-15-26)8-13-24-20(22)28/h2-7H,1,8-17H2,(H,24,28). The van der Waals surface area contributed by atoms with E-state index in [4.69, 9.17) is 0 Å². The van der Waals surface area contributed by atoms with Crippen LogP contribution in [0.25, 0.3) is 0 Å². The summed E-state index contributed by atoms with van der Waals surface area (Å²) in [6, 6.07) is 9.96. The first kappa shape index (κ1) is 19.7. The Morgan fingerprint density at radius 3 is 2.10 bits per heavy atom. The maximum absolute atomic E-state index is 13.8. The highest BCUT2D eigenvalue weighted by Crippen LogP contribution is 2.42. The van der Waals surface area contributed by atoms with Gasteiger partial charge in [-0.05, 0) is 43.7 Å². The molecular weight excluding hydrogens is 366 g/mol.